The first kappa shape index (κ1) is 79.1. The van der Waals surface area contributed by atoms with Crippen LogP contribution in [0.4, 0.5) is 0 Å². The number of ether oxygens (including phenoxy) is 3. The molecular weight excluding hydrogens is 1020 g/mol. The molecule has 0 heterocycles. The molecule has 0 rings (SSSR count). The van der Waals surface area contributed by atoms with E-state index < -0.39 is 6.10 Å². The first-order valence-electron chi connectivity index (χ1n) is 35.4. The molecule has 0 aliphatic rings. The summed E-state index contributed by atoms with van der Waals surface area (Å²) in [7, 11) is 0. The number of hydrogen-bond donors (Lipinski definition) is 0. The van der Waals surface area contributed by atoms with Crippen LogP contribution < -0.4 is 0 Å². The van der Waals surface area contributed by atoms with Crippen LogP contribution in [0.1, 0.15) is 342 Å². The van der Waals surface area contributed by atoms with Crippen LogP contribution in [0, 0.1) is 0 Å². The van der Waals surface area contributed by atoms with Crippen molar-refractivity contribution in [2.45, 2.75) is 348 Å². The fourth-order valence-electron chi connectivity index (χ4n) is 9.99. The lowest BCUT2D eigenvalue weighted by atomic mass is 10.0. The van der Waals surface area contributed by atoms with Crippen molar-refractivity contribution in [1.82, 2.24) is 0 Å². The molecule has 0 aliphatic heterocycles. The van der Waals surface area contributed by atoms with Gasteiger partial charge >= 0.3 is 17.9 Å². The largest absolute Gasteiger partial charge is 0.462 e. The van der Waals surface area contributed by atoms with E-state index in [9.17, 15) is 14.4 Å². The Kier molecular flexibility index (Phi) is 67.2. The van der Waals surface area contributed by atoms with Crippen LogP contribution in [0.3, 0.4) is 0 Å². The van der Waals surface area contributed by atoms with Crippen LogP contribution in [-0.4, -0.2) is 37.2 Å². The second kappa shape index (κ2) is 70.6. The first-order valence-corrected chi connectivity index (χ1v) is 35.4. The van der Waals surface area contributed by atoms with Gasteiger partial charge in [0.15, 0.2) is 6.10 Å². The van der Waals surface area contributed by atoms with Crippen LogP contribution in [0.5, 0.6) is 0 Å². The number of carbonyl (C=O) groups excluding carboxylic acids is 3. The van der Waals surface area contributed by atoms with Gasteiger partial charge in [0.25, 0.3) is 0 Å². The van der Waals surface area contributed by atoms with Crippen LogP contribution in [-0.2, 0) is 28.6 Å². The van der Waals surface area contributed by atoms with Gasteiger partial charge in [-0.2, -0.15) is 0 Å². The lowest BCUT2D eigenvalue weighted by molar-refractivity contribution is -0.167. The molecule has 0 bridgehead atoms. The van der Waals surface area contributed by atoms with E-state index in [1.54, 1.807) is 0 Å². The lowest BCUT2D eigenvalue weighted by Crippen LogP contribution is -2.30. The van der Waals surface area contributed by atoms with Gasteiger partial charge in [0, 0.05) is 19.3 Å². The van der Waals surface area contributed by atoms with Gasteiger partial charge < -0.3 is 14.2 Å². The second-order valence-electron chi connectivity index (χ2n) is 23.4. The molecule has 0 aromatic heterocycles. The Labute approximate surface area is 514 Å². The maximum Gasteiger partial charge on any atom is 0.306 e. The standard InChI is InChI=1S/C77H132O6/c1-4-7-10-13-16-19-22-25-28-31-32-33-34-35-36-37-38-39-40-41-42-43-44-45-46-47-50-52-55-58-61-64-67-70-76(79)82-73-74(83-77(80)71-68-65-62-59-56-53-49-30-27-24-21-18-15-12-9-6-3)72-81-75(78)69-66-63-60-57-54-51-48-29-26-23-20-17-14-11-8-5-2/h7,10,16,19,21,24-25,28,30,32-33,35-36,38-39,41-42,49,74H,4-6,8-9,11-15,17-18,20,22-23,26-27,29,31,34,37,40,43-48,50-73H2,1-3H3/b10-7-,19-16-,24-21-,28-25-,33-32-,36-35-,39-38-,42-41-,49-30-. The highest BCUT2D eigenvalue weighted by atomic mass is 16.6. The Morgan fingerprint density at radius 3 is 0.747 bits per heavy atom. The average Bonchev–Trinajstić information content (AvgIpc) is 3.49. The zero-order chi connectivity index (χ0) is 59.9. The summed E-state index contributed by atoms with van der Waals surface area (Å²) in [6, 6.07) is 0. The van der Waals surface area contributed by atoms with Crippen molar-refractivity contribution in [2.24, 2.45) is 0 Å². The zero-order valence-corrected chi connectivity index (χ0v) is 54.7. The summed E-state index contributed by atoms with van der Waals surface area (Å²) in [5, 5.41) is 0. The van der Waals surface area contributed by atoms with Crippen molar-refractivity contribution in [2.75, 3.05) is 13.2 Å². The number of carbonyl (C=O) groups is 3. The topological polar surface area (TPSA) is 78.9 Å². The third-order valence-electron chi connectivity index (χ3n) is 15.3. The first-order chi connectivity index (χ1) is 41.0. The Morgan fingerprint density at radius 1 is 0.253 bits per heavy atom. The average molecular weight is 1150 g/mol. The smallest absolute Gasteiger partial charge is 0.306 e. The fourth-order valence-corrected chi connectivity index (χ4v) is 9.99. The summed E-state index contributed by atoms with van der Waals surface area (Å²) >= 11 is 0. The van der Waals surface area contributed by atoms with Gasteiger partial charge in [0.1, 0.15) is 13.2 Å². The number of hydrogen-bond acceptors (Lipinski definition) is 6. The second-order valence-corrected chi connectivity index (χ2v) is 23.4. The van der Waals surface area contributed by atoms with E-state index in [4.69, 9.17) is 14.2 Å². The summed E-state index contributed by atoms with van der Waals surface area (Å²) in [5.74, 6) is -0.882. The predicted molar refractivity (Wildman–Crippen MR) is 362 cm³/mol. The highest BCUT2D eigenvalue weighted by Gasteiger charge is 2.19. The van der Waals surface area contributed by atoms with Crippen molar-refractivity contribution >= 4 is 17.9 Å². The van der Waals surface area contributed by atoms with E-state index in [1.165, 1.54) is 173 Å². The quantitative estimate of drug-likeness (QED) is 0.0261. The molecular formula is C77H132O6. The molecule has 0 saturated carbocycles. The molecule has 1 atom stereocenters. The molecule has 0 spiro atoms. The Bertz CT molecular complexity index is 1660. The van der Waals surface area contributed by atoms with E-state index in [1.807, 2.05) is 0 Å². The van der Waals surface area contributed by atoms with E-state index >= 15 is 0 Å². The van der Waals surface area contributed by atoms with Crippen molar-refractivity contribution in [1.29, 1.82) is 0 Å². The fraction of sp³-hybridized carbons (Fsp3) is 0.727. The van der Waals surface area contributed by atoms with Crippen molar-refractivity contribution < 1.29 is 28.6 Å². The van der Waals surface area contributed by atoms with Gasteiger partial charge in [-0.15, -0.1) is 0 Å². The molecule has 0 aromatic rings. The zero-order valence-electron chi connectivity index (χ0n) is 54.7. The molecule has 0 radical (unpaired) electrons. The van der Waals surface area contributed by atoms with Gasteiger partial charge in [-0.05, 0) is 109 Å². The van der Waals surface area contributed by atoms with E-state index in [2.05, 4.69) is 130 Å². The summed E-state index contributed by atoms with van der Waals surface area (Å²) in [6.45, 7) is 6.53. The number of unbranched alkanes of at least 4 members (excludes halogenated alkanes) is 35. The number of esters is 3. The van der Waals surface area contributed by atoms with Crippen LogP contribution >= 0.6 is 0 Å². The minimum Gasteiger partial charge on any atom is -0.462 e. The normalized spacial score (nSPS) is 12.8. The van der Waals surface area contributed by atoms with Gasteiger partial charge in [-0.3, -0.25) is 14.4 Å². The maximum atomic E-state index is 12.9. The molecule has 0 N–H and O–H groups in total. The Morgan fingerprint density at radius 2 is 0.470 bits per heavy atom. The third-order valence-corrected chi connectivity index (χ3v) is 15.3. The van der Waals surface area contributed by atoms with Gasteiger partial charge in [-0.1, -0.05) is 323 Å². The lowest BCUT2D eigenvalue weighted by Gasteiger charge is -2.18. The van der Waals surface area contributed by atoms with Crippen molar-refractivity contribution in [3.05, 3.63) is 109 Å². The highest BCUT2D eigenvalue weighted by molar-refractivity contribution is 5.71. The van der Waals surface area contributed by atoms with E-state index in [0.717, 1.165) is 128 Å². The summed E-state index contributed by atoms with van der Waals surface area (Å²) in [6.07, 6.45) is 96.8. The van der Waals surface area contributed by atoms with Gasteiger partial charge in [0.2, 0.25) is 0 Å². The monoisotopic (exact) mass is 1150 g/mol. The number of rotatable bonds is 64. The van der Waals surface area contributed by atoms with Gasteiger partial charge in [0.05, 0.1) is 0 Å². The summed E-state index contributed by atoms with van der Waals surface area (Å²) < 4.78 is 17.0. The minimum absolute atomic E-state index is 0.0807. The molecule has 83 heavy (non-hydrogen) atoms. The molecule has 0 fully saturated rings. The molecule has 0 amide bonds. The summed E-state index contributed by atoms with van der Waals surface area (Å²) in [5.41, 5.74) is 0. The Hall–Kier alpha value is -3.93. The van der Waals surface area contributed by atoms with E-state index in [0.29, 0.717) is 19.3 Å². The minimum atomic E-state index is -0.787. The summed E-state index contributed by atoms with van der Waals surface area (Å²) in [4.78, 5) is 38.4. The molecule has 0 aliphatic carbocycles. The van der Waals surface area contributed by atoms with Gasteiger partial charge in [-0.25, -0.2) is 0 Å². The molecule has 6 nitrogen and oxygen atoms in total. The maximum absolute atomic E-state index is 12.9. The molecule has 0 saturated heterocycles. The SMILES string of the molecule is CC/C=C\C/C=C\C/C=C\C/C=C\C/C=C\C/C=C\C/C=C\CCCCCCCCCCCCCC(=O)OCC(COC(=O)CCCCCCCCCCCCCCCCCC)OC(=O)CCCCCCC/C=C\C/C=C\CCCCCC. The Balaban J connectivity index is 4.27. The predicted octanol–water partition coefficient (Wildman–Crippen LogP) is 24.6. The molecule has 6 heteroatoms. The van der Waals surface area contributed by atoms with Crippen molar-refractivity contribution in [3.8, 4) is 0 Å². The van der Waals surface area contributed by atoms with Crippen LogP contribution in [0.25, 0.3) is 0 Å². The van der Waals surface area contributed by atoms with Crippen LogP contribution in [0.2, 0.25) is 0 Å². The molecule has 1 unspecified atom stereocenters. The van der Waals surface area contributed by atoms with Crippen LogP contribution in [0.15, 0.2) is 109 Å². The molecule has 476 valence electrons. The van der Waals surface area contributed by atoms with E-state index in [-0.39, 0.29) is 31.1 Å². The highest BCUT2D eigenvalue weighted by Crippen LogP contribution is 2.17. The van der Waals surface area contributed by atoms with Crippen molar-refractivity contribution in [3.63, 3.8) is 0 Å². The molecule has 0 aromatic carbocycles. The third kappa shape index (κ3) is 68.7. The number of allylic oxidation sites excluding steroid dienone is 18.